The van der Waals surface area contributed by atoms with E-state index in [1.54, 1.807) is 12.1 Å². The fourth-order valence-electron chi connectivity index (χ4n) is 4.88. The van der Waals surface area contributed by atoms with Gasteiger partial charge in [0.05, 0.1) is 10.9 Å². The minimum Gasteiger partial charge on any atom is -0.465 e. The Kier molecular flexibility index (Phi) is 7.35. The number of halogens is 1. The summed E-state index contributed by atoms with van der Waals surface area (Å²) in [5, 5.41) is 12.4. The van der Waals surface area contributed by atoms with Crippen molar-refractivity contribution in [1.29, 1.82) is 0 Å². The summed E-state index contributed by atoms with van der Waals surface area (Å²) in [6.07, 6.45) is 3.48. The van der Waals surface area contributed by atoms with E-state index in [4.69, 9.17) is 0 Å². The van der Waals surface area contributed by atoms with E-state index in [1.165, 1.54) is 28.8 Å². The molecule has 2 amide bonds. The molecular weight excluding hydrogens is 445 g/mol. The molecule has 0 aromatic heterocycles. The van der Waals surface area contributed by atoms with Crippen LogP contribution in [-0.2, 0) is 4.79 Å². The lowest BCUT2D eigenvalue weighted by molar-refractivity contribution is -0.113. The fourth-order valence-corrected chi connectivity index (χ4v) is 5.79. The normalized spacial score (nSPS) is 24.8. The number of likely N-dealkylation sites (N-methyl/N-ethyl adjacent to an activating group) is 1. The van der Waals surface area contributed by atoms with Crippen molar-refractivity contribution < 1.29 is 19.1 Å². The van der Waals surface area contributed by atoms with Crippen molar-refractivity contribution in [2.75, 3.05) is 32.7 Å². The number of hydrogen-bond acceptors (Lipinski definition) is 6. The van der Waals surface area contributed by atoms with E-state index >= 15 is 0 Å². The SMILES string of the molecule is CCN(CC)[C@H]1CCN(C(=O)O)C1c1cc(F)ccc1/C=C1/SC(N2CCCCN2)=NC1=O. The molecule has 0 radical (unpaired) electrons. The first-order chi connectivity index (χ1) is 15.9. The molecule has 2 atom stereocenters. The molecule has 0 bridgehead atoms. The molecule has 3 aliphatic rings. The van der Waals surface area contributed by atoms with Gasteiger partial charge in [-0.25, -0.2) is 14.6 Å². The first kappa shape index (κ1) is 23.7. The second-order valence-electron chi connectivity index (χ2n) is 8.35. The summed E-state index contributed by atoms with van der Waals surface area (Å²) in [7, 11) is 0. The Hall–Kier alpha value is -2.43. The van der Waals surface area contributed by atoms with Crippen molar-refractivity contribution in [2.24, 2.45) is 4.99 Å². The van der Waals surface area contributed by atoms with Gasteiger partial charge in [-0.3, -0.25) is 19.6 Å². The summed E-state index contributed by atoms with van der Waals surface area (Å²) in [4.78, 5) is 33.0. The van der Waals surface area contributed by atoms with Crippen molar-refractivity contribution in [2.45, 2.75) is 45.2 Å². The van der Waals surface area contributed by atoms with Crippen LogP contribution in [-0.4, -0.2) is 75.8 Å². The lowest BCUT2D eigenvalue weighted by atomic mass is 9.93. The highest BCUT2D eigenvalue weighted by Gasteiger charge is 2.41. The Balaban J connectivity index is 1.69. The van der Waals surface area contributed by atoms with E-state index in [1.807, 2.05) is 18.9 Å². The maximum Gasteiger partial charge on any atom is 0.407 e. The minimum absolute atomic E-state index is 0.0636. The van der Waals surface area contributed by atoms with Gasteiger partial charge in [-0.15, -0.1) is 0 Å². The van der Waals surface area contributed by atoms with Crippen LogP contribution in [0.2, 0.25) is 0 Å². The number of carbonyl (C=O) groups is 2. The van der Waals surface area contributed by atoms with Gasteiger partial charge in [0.15, 0.2) is 5.17 Å². The van der Waals surface area contributed by atoms with Gasteiger partial charge in [-0.2, -0.15) is 4.99 Å². The fraction of sp³-hybridized carbons (Fsp3) is 0.522. The van der Waals surface area contributed by atoms with Crippen LogP contribution in [0.5, 0.6) is 0 Å². The van der Waals surface area contributed by atoms with E-state index in [9.17, 15) is 19.1 Å². The zero-order valence-electron chi connectivity index (χ0n) is 19.0. The third-order valence-electron chi connectivity index (χ3n) is 6.50. The molecule has 2 N–H and O–H groups in total. The molecule has 0 spiro atoms. The van der Waals surface area contributed by atoms with Crippen LogP contribution in [0.1, 0.15) is 50.3 Å². The van der Waals surface area contributed by atoms with Crippen LogP contribution in [0.3, 0.4) is 0 Å². The van der Waals surface area contributed by atoms with Crippen molar-refractivity contribution in [3.63, 3.8) is 0 Å². The summed E-state index contributed by atoms with van der Waals surface area (Å²) >= 11 is 1.29. The third-order valence-corrected chi connectivity index (χ3v) is 7.51. The maximum absolute atomic E-state index is 14.4. The highest BCUT2D eigenvalue weighted by molar-refractivity contribution is 8.18. The van der Waals surface area contributed by atoms with Gasteiger partial charge in [0.2, 0.25) is 0 Å². The molecule has 10 heteroatoms. The Morgan fingerprint density at radius 1 is 1.33 bits per heavy atom. The molecule has 1 unspecified atom stereocenters. The van der Waals surface area contributed by atoms with Crippen LogP contribution >= 0.6 is 11.8 Å². The number of thioether (sulfide) groups is 1. The number of likely N-dealkylation sites (tertiary alicyclic amines) is 1. The molecule has 0 saturated carbocycles. The summed E-state index contributed by atoms with van der Waals surface area (Å²) in [6.45, 7) is 7.63. The lowest BCUT2D eigenvalue weighted by Crippen LogP contribution is -2.45. The molecule has 3 heterocycles. The molecule has 8 nitrogen and oxygen atoms in total. The number of benzene rings is 1. The number of amidine groups is 1. The second-order valence-corrected chi connectivity index (χ2v) is 9.36. The summed E-state index contributed by atoms with van der Waals surface area (Å²) in [5.74, 6) is -0.762. The maximum atomic E-state index is 14.4. The predicted octanol–water partition coefficient (Wildman–Crippen LogP) is 3.53. The monoisotopic (exact) mass is 475 g/mol. The highest BCUT2D eigenvalue weighted by atomic mass is 32.2. The predicted molar refractivity (Wildman–Crippen MR) is 127 cm³/mol. The largest absolute Gasteiger partial charge is 0.465 e. The van der Waals surface area contributed by atoms with Gasteiger partial charge in [0.1, 0.15) is 5.82 Å². The average Bonchev–Trinajstić information content (AvgIpc) is 3.41. The molecule has 2 fully saturated rings. The molecule has 0 aliphatic carbocycles. The highest BCUT2D eigenvalue weighted by Crippen LogP contribution is 2.39. The van der Waals surface area contributed by atoms with E-state index in [0.717, 1.165) is 39.0 Å². The van der Waals surface area contributed by atoms with E-state index < -0.39 is 18.0 Å². The molecule has 1 aromatic carbocycles. The standard InChI is InChI=1S/C23H30FN5O3S/c1-3-27(4-2)18-9-12-28(23(31)32)20(18)17-14-16(24)8-7-15(17)13-19-21(30)26-22(33-19)29-11-6-5-10-25-29/h7-8,13-14,18,20,25H,3-6,9-12H2,1-2H3,(H,31,32)/b19-13+/t18-,20?/m0/s1. The van der Waals surface area contributed by atoms with Gasteiger partial charge in [-0.05, 0) is 73.4 Å². The topological polar surface area (TPSA) is 88.5 Å². The molecule has 4 rings (SSSR count). The summed E-state index contributed by atoms with van der Waals surface area (Å²) in [5.41, 5.74) is 4.48. The Morgan fingerprint density at radius 3 is 2.79 bits per heavy atom. The van der Waals surface area contributed by atoms with Crippen LogP contribution in [0.15, 0.2) is 28.1 Å². The Labute approximate surface area is 197 Å². The van der Waals surface area contributed by atoms with Gasteiger partial charge in [0, 0.05) is 25.7 Å². The molecule has 33 heavy (non-hydrogen) atoms. The van der Waals surface area contributed by atoms with E-state index in [-0.39, 0.29) is 11.9 Å². The number of rotatable bonds is 5. The van der Waals surface area contributed by atoms with Gasteiger partial charge < -0.3 is 5.11 Å². The number of nitrogens with zero attached hydrogens (tertiary/aromatic N) is 4. The number of hydrogen-bond donors (Lipinski definition) is 2. The number of amides is 2. The van der Waals surface area contributed by atoms with Crippen LogP contribution in [0, 0.1) is 5.82 Å². The zero-order valence-corrected chi connectivity index (χ0v) is 19.8. The molecule has 178 valence electrons. The van der Waals surface area contributed by atoms with Crippen molar-refractivity contribution in [3.8, 4) is 0 Å². The zero-order chi connectivity index (χ0) is 23.5. The van der Waals surface area contributed by atoms with Crippen molar-refractivity contribution in [1.82, 2.24) is 20.2 Å². The minimum atomic E-state index is -1.02. The molecule has 2 saturated heterocycles. The first-order valence-electron chi connectivity index (χ1n) is 11.5. The third kappa shape index (κ3) is 4.92. The van der Waals surface area contributed by atoms with Gasteiger partial charge in [-0.1, -0.05) is 19.9 Å². The lowest BCUT2D eigenvalue weighted by Gasteiger charge is -2.34. The number of nitrogens with one attached hydrogen (secondary N) is 1. The Morgan fingerprint density at radius 2 is 2.12 bits per heavy atom. The van der Waals surface area contributed by atoms with Crippen LogP contribution < -0.4 is 5.43 Å². The smallest absolute Gasteiger partial charge is 0.407 e. The number of carbonyl (C=O) groups excluding carboxylic acids is 1. The van der Waals surface area contributed by atoms with Gasteiger partial charge in [0.25, 0.3) is 5.91 Å². The molecule has 1 aromatic rings. The average molecular weight is 476 g/mol. The van der Waals surface area contributed by atoms with Crippen LogP contribution in [0.25, 0.3) is 6.08 Å². The first-order valence-corrected chi connectivity index (χ1v) is 12.3. The summed E-state index contributed by atoms with van der Waals surface area (Å²) in [6, 6.07) is 3.80. The molecular formula is C23H30FN5O3S. The summed E-state index contributed by atoms with van der Waals surface area (Å²) < 4.78 is 14.4. The van der Waals surface area contributed by atoms with Gasteiger partial charge >= 0.3 is 6.09 Å². The quantitative estimate of drug-likeness (QED) is 0.630. The van der Waals surface area contributed by atoms with Crippen molar-refractivity contribution >= 4 is 35.0 Å². The number of aliphatic imine (C=N–C) groups is 1. The number of carboxylic acid groups (broad SMARTS) is 1. The second kappa shape index (κ2) is 10.2. The number of hydrazine groups is 1. The Bertz CT molecular complexity index is 975. The van der Waals surface area contributed by atoms with Crippen LogP contribution in [0.4, 0.5) is 9.18 Å². The van der Waals surface area contributed by atoms with E-state index in [2.05, 4.69) is 15.3 Å². The van der Waals surface area contributed by atoms with E-state index in [0.29, 0.717) is 34.2 Å². The van der Waals surface area contributed by atoms with Crippen molar-refractivity contribution in [3.05, 3.63) is 40.0 Å². The molecule has 3 aliphatic heterocycles.